The summed E-state index contributed by atoms with van der Waals surface area (Å²) in [6.45, 7) is 0. The molecular weight excluding hydrogens is 314 g/mol. The van der Waals surface area contributed by atoms with Crippen molar-refractivity contribution >= 4 is 28.1 Å². The van der Waals surface area contributed by atoms with Crippen LogP contribution in [0.4, 0.5) is 0 Å². The van der Waals surface area contributed by atoms with Gasteiger partial charge in [-0.25, -0.2) is 4.98 Å². The lowest BCUT2D eigenvalue weighted by atomic mass is 10.0. The molecule has 0 bridgehead atoms. The van der Waals surface area contributed by atoms with Crippen molar-refractivity contribution in [3.8, 4) is 16.5 Å². The Labute approximate surface area is 136 Å². The van der Waals surface area contributed by atoms with Gasteiger partial charge in [-0.1, -0.05) is 0 Å². The van der Waals surface area contributed by atoms with Gasteiger partial charge in [-0.15, -0.1) is 16.4 Å². The zero-order valence-electron chi connectivity index (χ0n) is 12.5. The van der Waals surface area contributed by atoms with E-state index in [0.29, 0.717) is 12.8 Å². The summed E-state index contributed by atoms with van der Waals surface area (Å²) in [5, 5.41) is 22.0. The van der Waals surface area contributed by atoms with E-state index in [2.05, 4.69) is 15.2 Å². The number of hydrogen-bond donors (Lipinski definition) is 1. The predicted molar refractivity (Wildman–Crippen MR) is 87.8 cm³/mol. The third-order valence-corrected chi connectivity index (χ3v) is 4.28. The highest BCUT2D eigenvalue weighted by Crippen LogP contribution is 2.31. The van der Waals surface area contributed by atoms with Gasteiger partial charge in [0.2, 0.25) is 0 Å². The number of aromatic nitrogens is 3. The molecule has 0 saturated carbocycles. The fourth-order valence-electron chi connectivity index (χ4n) is 2.41. The van der Waals surface area contributed by atoms with E-state index in [1.807, 2.05) is 23.6 Å². The first-order valence-electron chi connectivity index (χ1n) is 7.14. The van der Waals surface area contributed by atoms with Crippen molar-refractivity contribution in [2.24, 2.45) is 0 Å². The van der Waals surface area contributed by atoms with Gasteiger partial charge in [0.25, 0.3) is 0 Å². The van der Waals surface area contributed by atoms with E-state index in [1.54, 1.807) is 13.3 Å². The van der Waals surface area contributed by atoms with Crippen LogP contribution in [0.2, 0.25) is 0 Å². The minimum absolute atomic E-state index is 0.119. The van der Waals surface area contributed by atoms with Crippen LogP contribution in [-0.4, -0.2) is 33.4 Å². The highest BCUT2D eigenvalue weighted by Gasteiger charge is 2.14. The number of fused-ring (bicyclic) bond motifs is 1. The number of ether oxygens (including phenoxy) is 1. The second kappa shape index (κ2) is 6.70. The van der Waals surface area contributed by atoms with E-state index >= 15 is 0 Å². The Morgan fingerprint density at radius 3 is 2.87 bits per heavy atom. The molecule has 7 heteroatoms. The second-order valence-electron chi connectivity index (χ2n) is 4.99. The summed E-state index contributed by atoms with van der Waals surface area (Å²) < 4.78 is 5.30. The van der Waals surface area contributed by atoms with Crippen LogP contribution in [0.5, 0.6) is 5.75 Å². The van der Waals surface area contributed by atoms with Gasteiger partial charge in [-0.3, -0.25) is 4.79 Å². The Balaban J connectivity index is 2.06. The summed E-state index contributed by atoms with van der Waals surface area (Å²) in [6, 6.07) is 5.73. The van der Waals surface area contributed by atoms with E-state index in [4.69, 9.17) is 9.84 Å². The van der Waals surface area contributed by atoms with Crippen molar-refractivity contribution in [1.82, 2.24) is 15.2 Å². The molecule has 0 fully saturated rings. The highest BCUT2D eigenvalue weighted by atomic mass is 32.1. The Hall–Kier alpha value is -2.54. The fraction of sp³-hybridized carbons (Fsp3) is 0.250. The molecule has 3 aromatic rings. The molecule has 0 amide bonds. The van der Waals surface area contributed by atoms with Crippen molar-refractivity contribution in [3.63, 3.8) is 0 Å². The molecule has 3 rings (SSSR count). The van der Waals surface area contributed by atoms with Crippen LogP contribution >= 0.6 is 11.3 Å². The number of aliphatic carboxylic acids is 1. The largest absolute Gasteiger partial charge is 0.497 e. The molecule has 1 N–H and O–H groups in total. The zero-order valence-corrected chi connectivity index (χ0v) is 13.3. The maximum absolute atomic E-state index is 10.7. The third-order valence-electron chi connectivity index (χ3n) is 3.50. The van der Waals surface area contributed by atoms with Gasteiger partial charge in [0.05, 0.1) is 12.8 Å². The van der Waals surface area contributed by atoms with E-state index in [-0.39, 0.29) is 6.42 Å². The monoisotopic (exact) mass is 329 g/mol. The van der Waals surface area contributed by atoms with Crippen molar-refractivity contribution < 1.29 is 14.6 Å². The molecule has 118 valence electrons. The van der Waals surface area contributed by atoms with E-state index in [0.717, 1.165) is 32.9 Å². The number of hydrogen-bond acceptors (Lipinski definition) is 6. The number of nitrogens with zero attached hydrogens (tertiary/aromatic N) is 3. The smallest absolute Gasteiger partial charge is 0.303 e. The highest BCUT2D eigenvalue weighted by molar-refractivity contribution is 7.13. The molecule has 2 aromatic heterocycles. The Morgan fingerprint density at radius 2 is 2.17 bits per heavy atom. The van der Waals surface area contributed by atoms with E-state index in [1.165, 1.54) is 11.3 Å². The van der Waals surface area contributed by atoms with Crippen molar-refractivity contribution in [2.45, 2.75) is 19.3 Å². The Bertz CT molecular complexity index is 834. The Kier molecular flexibility index (Phi) is 4.47. The number of carboxylic acid groups (broad SMARTS) is 1. The predicted octanol–water partition coefficient (Wildman–Crippen LogP) is 3.17. The number of aryl methyl sites for hydroxylation is 1. The molecule has 0 aliphatic rings. The molecular formula is C16H15N3O3S. The van der Waals surface area contributed by atoms with Gasteiger partial charge in [-0.2, -0.15) is 5.10 Å². The molecule has 0 unspecified atom stereocenters. The van der Waals surface area contributed by atoms with Crippen LogP contribution in [0.15, 0.2) is 29.8 Å². The number of rotatable bonds is 6. The number of carboxylic acids is 1. The normalized spacial score (nSPS) is 10.8. The summed E-state index contributed by atoms with van der Waals surface area (Å²) in [6.07, 6.45) is 2.95. The molecule has 1 aromatic carbocycles. The molecule has 2 heterocycles. The standard InChI is InChI=1S/C16H15N3O3S/c1-22-10-5-6-11-12(9-10)15(16-17-7-8-23-16)19-18-13(11)3-2-4-14(20)21/h5-9H,2-4H2,1H3,(H,20,21). The van der Waals surface area contributed by atoms with Gasteiger partial charge in [-0.05, 0) is 31.0 Å². The first-order chi connectivity index (χ1) is 11.2. The van der Waals surface area contributed by atoms with Gasteiger partial charge < -0.3 is 9.84 Å². The number of thiazole rings is 1. The van der Waals surface area contributed by atoms with Gasteiger partial charge in [0.15, 0.2) is 0 Å². The number of methoxy groups -OCH3 is 1. The van der Waals surface area contributed by atoms with Crippen LogP contribution in [0.1, 0.15) is 18.5 Å². The van der Waals surface area contributed by atoms with Gasteiger partial charge in [0.1, 0.15) is 16.5 Å². The van der Waals surface area contributed by atoms with Crippen molar-refractivity contribution in [1.29, 1.82) is 0 Å². The van der Waals surface area contributed by atoms with Crippen LogP contribution in [-0.2, 0) is 11.2 Å². The lowest BCUT2D eigenvalue weighted by molar-refractivity contribution is -0.137. The summed E-state index contributed by atoms with van der Waals surface area (Å²) in [7, 11) is 1.62. The molecule has 0 aliphatic carbocycles. The summed E-state index contributed by atoms with van der Waals surface area (Å²) in [5.41, 5.74) is 1.51. The van der Waals surface area contributed by atoms with E-state index < -0.39 is 5.97 Å². The number of benzene rings is 1. The topological polar surface area (TPSA) is 85.2 Å². The van der Waals surface area contributed by atoms with E-state index in [9.17, 15) is 4.79 Å². The molecule has 23 heavy (non-hydrogen) atoms. The SMILES string of the molecule is COc1ccc2c(CCCC(=O)O)nnc(-c3nccs3)c2c1. The average molecular weight is 329 g/mol. The summed E-state index contributed by atoms with van der Waals surface area (Å²) in [5.74, 6) is -0.0665. The molecule has 0 saturated heterocycles. The summed E-state index contributed by atoms with van der Waals surface area (Å²) >= 11 is 1.50. The molecule has 0 radical (unpaired) electrons. The lowest BCUT2D eigenvalue weighted by Crippen LogP contribution is -2.01. The summed E-state index contributed by atoms with van der Waals surface area (Å²) in [4.78, 5) is 15.0. The fourth-order valence-corrected chi connectivity index (χ4v) is 3.04. The molecule has 6 nitrogen and oxygen atoms in total. The minimum Gasteiger partial charge on any atom is -0.497 e. The maximum Gasteiger partial charge on any atom is 0.303 e. The quantitative estimate of drug-likeness (QED) is 0.747. The molecule has 0 atom stereocenters. The van der Waals surface area contributed by atoms with Crippen LogP contribution < -0.4 is 4.74 Å². The van der Waals surface area contributed by atoms with Crippen LogP contribution in [0.25, 0.3) is 21.5 Å². The average Bonchev–Trinajstić information content (AvgIpc) is 3.08. The molecule has 0 aliphatic heterocycles. The first kappa shape index (κ1) is 15.4. The molecule has 0 spiro atoms. The zero-order chi connectivity index (χ0) is 16.2. The second-order valence-corrected chi connectivity index (χ2v) is 5.89. The van der Waals surface area contributed by atoms with Crippen LogP contribution in [0, 0.1) is 0 Å². The minimum atomic E-state index is -0.802. The van der Waals surface area contributed by atoms with Crippen LogP contribution in [0.3, 0.4) is 0 Å². The van der Waals surface area contributed by atoms with Crippen molar-refractivity contribution in [2.75, 3.05) is 7.11 Å². The number of carbonyl (C=O) groups is 1. The maximum atomic E-state index is 10.7. The van der Waals surface area contributed by atoms with Crippen molar-refractivity contribution in [3.05, 3.63) is 35.5 Å². The Morgan fingerprint density at radius 1 is 1.30 bits per heavy atom. The van der Waals surface area contributed by atoms with Gasteiger partial charge in [0, 0.05) is 28.8 Å². The third kappa shape index (κ3) is 3.29. The van der Waals surface area contributed by atoms with Gasteiger partial charge >= 0.3 is 5.97 Å². The first-order valence-corrected chi connectivity index (χ1v) is 8.02. The lowest BCUT2D eigenvalue weighted by Gasteiger charge is -2.09.